The lowest BCUT2D eigenvalue weighted by atomic mass is 10.0. The van der Waals surface area contributed by atoms with Crippen LogP contribution < -0.4 is 10.6 Å². The van der Waals surface area contributed by atoms with Gasteiger partial charge >= 0.3 is 6.09 Å². The number of nitrogens with zero attached hydrogens (tertiary/aromatic N) is 1. The molecule has 2 atom stereocenters. The molecule has 0 bridgehead atoms. The highest BCUT2D eigenvalue weighted by molar-refractivity contribution is 5.99. The van der Waals surface area contributed by atoms with Crippen LogP contribution >= 0.6 is 0 Å². The summed E-state index contributed by atoms with van der Waals surface area (Å²) in [5.41, 5.74) is 1.50. The van der Waals surface area contributed by atoms with Gasteiger partial charge in [-0.1, -0.05) is 54.6 Å². The summed E-state index contributed by atoms with van der Waals surface area (Å²) in [6.45, 7) is 12.5. The topological polar surface area (TPSA) is 87.7 Å². The van der Waals surface area contributed by atoms with E-state index < -0.39 is 29.7 Å². The summed E-state index contributed by atoms with van der Waals surface area (Å²) in [4.78, 5) is 40.5. The molecule has 0 aliphatic rings. The number of rotatable bonds is 8. The summed E-state index contributed by atoms with van der Waals surface area (Å²) >= 11 is 0. The number of alkyl carbamates (subject to hydrolysis) is 1. The van der Waals surface area contributed by atoms with Crippen molar-refractivity contribution in [2.24, 2.45) is 0 Å². The highest BCUT2D eigenvalue weighted by Gasteiger charge is 2.34. The molecule has 0 radical (unpaired) electrons. The fraction of sp³-hybridized carbons (Fsp3) is 0.346. The first-order valence-corrected chi connectivity index (χ1v) is 10.9. The number of benzene rings is 2. The molecule has 33 heavy (non-hydrogen) atoms. The predicted octanol–water partition coefficient (Wildman–Crippen LogP) is 4.60. The Balaban J connectivity index is 2.35. The zero-order valence-corrected chi connectivity index (χ0v) is 19.9. The Bertz CT molecular complexity index is 983. The molecule has 2 N–H and O–H groups in total. The molecular weight excluding hydrogens is 418 g/mol. The van der Waals surface area contributed by atoms with E-state index in [1.807, 2.05) is 49.4 Å². The Kier molecular flexibility index (Phi) is 8.79. The summed E-state index contributed by atoms with van der Waals surface area (Å²) in [6, 6.07) is 14.6. The van der Waals surface area contributed by atoms with Gasteiger partial charge in [0, 0.05) is 12.2 Å². The standard InChI is InChI=1S/C26H33N3O4/c1-7-17-29(24(31)19(3)27-25(32)33-26(4,5)6)22(20-14-9-8-10-15-20)23(30)28-21-16-12-11-13-18(21)2/h7-16,19,22H,1,17H2,2-6H3,(H,27,32)(H,28,30). The van der Waals surface area contributed by atoms with Crippen molar-refractivity contribution in [1.82, 2.24) is 10.2 Å². The van der Waals surface area contributed by atoms with Crippen molar-refractivity contribution in [3.05, 3.63) is 78.4 Å². The Morgan fingerprint density at radius 1 is 1.06 bits per heavy atom. The SMILES string of the molecule is C=CCN(C(=O)C(C)NC(=O)OC(C)(C)C)C(C(=O)Nc1ccccc1C)c1ccccc1. The third-order valence-corrected chi connectivity index (χ3v) is 4.79. The lowest BCUT2D eigenvalue weighted by Crippen LogP contribution is -2.51. The Labute approximate surface area is 195 Å². The average molecular weight is 452 g/mol. The van der Waals surface area contributed by atoms with Crippen LogP contribution in [0.2, 0.25) is 0 Å². The van der Waals surface area contributed by atoms with E-state index in [0.717, 1.165) is 5.56 Å². The minimum absolute atomic E-state index is 0.111. The highest BCUT2D eigenvalue weighted by atomic mass is 16.6. The summed E-state index contributed by atoms with van der Waals surface area (Å²) in [5, 5.41) is 5.49. The van der Waals surface area contributed by atoms with E-state index in [9.17, 15) is 14.4 Å². The maximum atomic E-state index is 13.5. The maximum Gasteiger partial charge on any atom is 0.408 e. The van der Waals surface area contributed by atoms with Crippen LogP contribution in [0, 0.1) is 6.92 Å². The molecule has 0 spiro atoms. The number of hydrogen-bond acceptors (Lipinski definition) is 4. The van der Waals surface area contributed by atoms with Crippen molar-refractivity contribution >= 4 is 23.6 Å². The number of para-hydroxylation sites is 1. The number of carbonyl (C=O) groups excluding carboxylic acids is 3. The summed E-state index contributed by atoms with van der Waals surface area (Å²) in [6.07, 6.45) is 0.845. The average Bonchev–Trinajstić information content (AvgIpc) is 2.74. The molecule has 176 valence electrons. The van der Waals surface area contributed by atoms with Crippen LogP contribution in [-0.4, -0.2) is 41.0 Å². The molecule has 2 aromatic carbocycles. The van der Waals surface area contributed by atoms with Crippen LogP contribution in [0.3, 0.4) is 0 Å². The van der Waals surface area contributed by atoms with Gasteiger partial charge in [-0.3, -0.25) is 9.59 Å². The monoisotopic (exact) mass is 451 g/mol. The predicted molar refractivity (Wildman–Crippen MR) is 130 cm³/mol. The van der Waals surface area contributed by atoms with Crippen LogP contribution in [0.5, 0.6) is 0 Å². The molecule has 0 aromatic heterocycles. The van der Waals surface area contributed by atoms with Crippen molar-refractivity contribution in [2.75, 3.05) is 11.9 Å². The third kappa shape index (κ3) is 7.49. The zero-order chi connectivity index (χ0) is 24.6. The van der Waals surface area contributed by atoms with Crippen LogP contribution in [0.25, 0.3) is 0 Å². The normalized spacial score (nSPS) is 12.8. The summed E-state index contributed by atoms with van der Waals surface area (Å²) in [7, 11) is 0. The molecule has 0 aliphatic carbocycles. The van der Waals surface area contributed by atoms with E-state index >= 15 is 0 Å². The fourth-order valence-corrected chi connectivity index (χ4v) is 3.28. The van der Waals surface area contributed by atoms with Crippen molar-refractivity contribution in [1.29, 1.82) is 0 Å². The van der Waals surface area contributed by atoms with E-state index in [4.69, 9.17) is 4.74 Å². The molecule has 7 nitrogen and oxygen atoms in total. The fourth-order valence-electron chi connectivity index (χ4n) is 3.28. The molecule has 0 heterocycles. The number of hydrogen-bond donors (Lipinski definition) is 2. The number of carbonyl (C=O) groups is 3. The molecular formula is C26H33N3O4. The minimum Gasteiger partial charge on any atom is -0.444 e. The number of nitrogens with one attached hydrogen (secondary N) is 2. The molecule has 0 fully saturated rings. The van der Waals surface area contributed by atoms with Gasteiger partial charge in [-0.25, -0.2) is 4.79 Å². The van der Waals surface area contributed by atoms with E-state index in [1.165, 1.54) is 4.90 Å². The number of aryl methyl sites for hydroxylation is 1. The van der Waals surface area contributed by atoms with Gasteiger partial charge in [0.15, 0.2) is 0 Å². The van der Waals surface area contributed by atoms with E-state index in [-0.39, 0.29) is 12.5 Å². The van der Waals surface area contributed by atoms with Gasteiger partial charge in [0.2, 0.25) is 5.91 Å². The lowest BCUT2D eigenvalue weighted by Gasteiger charge is -2.33. The second kappa shape index (κ2) is 11.3. The third-order valence-electron chi connectivity index (χ3n) is 4.79. The molecule has 3 amide bonds. The second-order valence-corrected chi connectivity index (χ2v) is 8.76. The van der Waals surface area contributed by atoms with Gasteiger partial charge in [-0.05, 0) is 51.8 Å². The van der Waals surface area contributed by atoms with Crippen LogP contribution in [0.15, 0.2) is 67.3 Å². The van der Waals surface area contributed by atoms with Gasteiger partial charge in [-0.2, -0.15) is 0 Å². The van der Waals surface area contributed by atoms with E-state index in [2.05, 4.69) is 17.2 Å². The smallest absolute Gasteiger partial charge is 0.408 e. The van der Waals surface area contributed by atoms with Crippen LogP contribution in [0.1, 0.15) is 44.9 Å². The first kappa shape index (κ1) is 25.6. The molecule has 0 saturated heterocycles. The molecule has 2 aromatic rings. The van der Waals surface area contributed by atoms with Gasteiger partial charge in [-0.15, -0.1) is 6.58 Å². The van der Waals surface area contributed by atoms with Crippen molar-refractivity contribution in [3.63, 3.8) is 0 Å². The second-order valence-electron chi connectivity index (χ2n) is 8.76. The summed E-state index contributed by atoms with van der Waals surface area (Å²) in [5.74, 6) is -0.801. The summed E-state index contributed by atoms with van der Waals surface area (Å²) < 4.78 is 5.26. The quantitative estimate of drug-likeness (QED) is 0.574. The van der Waals surface area contributed by atoms with Crippen molar-refractivity contribution in [2.45, 2.75) is 52.3 Å². The molecule has 7 heteroatoms. The molecule has 0 saturated carbocycles. The Morgan fingerprint density at radius 2 is 1.67 bits per heavy atom. The largest absolute Gasteiger partial charge is 0.444 e. The van der Waals surface area contributed by atoms with Crippen molar-refractivity contribution < 1.29 is 19.1 Å². The van der Waals surface area contributed by atoms with E-state index in [0.29, 0.717) is 11.3 Å². The molecule has 2 unspecified atom stereocenters. The van der Waals surface area contributed by atoms with Crippen molar-refractivity contribution in [3.8, 4) is 0 Å². The number of ether oxygens (including phenoxy) is 1. The van der Waals surface area contributed by atoms with E-state index in [1.54, 1.807) is 45.9 Å². The van der Waals surface area contributed by atoms with Gasteiger partial charge in [0.25, 0.3) is 5.91 Å². The lowest BCUT2D eigenvalue weighted by molar-refractivity contribution is -0.139. The number of amides is 3. The molecule has 2 rings (SSSR count). The van der Waals surface area contributed by atoms with Gasteiger partial charge in [0.1, 0.15) is 17.7 Å². The zero-order valence-electron chi connectivity index (χ0n) is 19.9. The Morgan fingerprint density at radius 3 is 2.24 bits per heavy atom. The van der Waals surface area contributed by atoms with Gasteiger partial charge < -0.3 is 20.3 Å². The Hall–Kier alpha value is -3.61. The molecule has 0 aliphatic heterocycles. The van der Waals surface area contributed by atoms with Crippen LogP contribution in [-0.2, 0) is 14.3 Å². The number of anilines is 1. The van der Waals surface area contributed by atoms with Crippen LogP contribution in [0.4, 0.5) is 10.5 Å². The first-order chi connectivity index (χ1) is 15.5. The maximum absolute atomic E-state index is 13.5. The first-order valence-electron chi connectivity index (χ1n) is 10.9. The van der Waals surface area contributed by atoms with Gasteiger partial charge in [0.05, 0.1) is 0 Å². The highest BCUT2D eigenvalue weighted by Crippen LogP contribution is 2.25. The minimum atomic E-state index is -0.931.